The Morgan fingerprint density at radius 3 is 2.25 bits per heavy atom. The third kappa shape index (κ3) is 15.7. The molecule has 1 amide bonds. The molecule has 1 saturated carbocycles. The van der Waals surface area contributed by atoms with Crippen LogP contribution in [0, 0.1) is 47.3 Å². The second-order valence-electron chi connectivity index (χ2n) is 21.3. The zero-order valence-corrected chi connectivity index (χ0v) is 43.5. The highest BCUT2D eigenvalue weighted by molar-refractivity contribution is 7.57. The van der Waals surface area contributed by atoms with Crippen LogP contribution in [0.4, 0.5) is 0 Å². The van der Waals surface area contributed by atoms with E-state index in [0.717, 1.165) is 24.8 Å². The molecule has 0 aromatic carbocycles. The molecule has 0 aromatic rings. The molecule has 67 heavy (non-hydrogen) atoms. The molecular formula is C53H84NO12P. The van der Waals surface area contributed by atoms with Crippen LogP contribution in [0.2, 0.25) is 0 Å². The van der Waals surface area contributed by atoms with Crippen LogP contribution < -0.4 is 0 Å². The van der Waals surface area contributed by atoms with Gasteiger partial charge in [0.1, 0.15) is 23.7 Å². The van der Waals surface area contributed by atoms with Crippen LogP contribution >= 0.6 is 7.37 Å². The quantitative estimate of drug-likeness (QED) is 0.112. The number of carbonyl (C=O) groups excluding carboxylic acids is 5. The number of cyclic esters (lactones) is 1. The number of carbonyl (C=O) groups is 5. The van der Waals surface area contributed by atoms with Crippen molar-refractivity contribution in [3.8, 4) is 0 Å². The topological polar surface area (TPSA) is 183 Å². The second kappa shape index (κ2) is 25.2. The fourth-order valence-electron chi connectivity index (χ4n) is 10.7. The molecule has 2 saturated heterocycles. The van der Waals surface area contributed by atoms with Gasteiger partial charge in [-0.05, 0) is 113 Å². The minimum absolute atomic E-state index is 0.0657. The van der Waals surface area contributed by atoms with Crippen molar-refractivity contribution in [3.63, 3.8) is 0 Å². The van der Waals surface area contributed by atoms with Crippen molar-refractivity contribution < 1.29 is 57.5 Å². The maximum atomic E-state index is 14.4. The molecule has 3 unspecified atom stereocenters. The Labute approximate surface area is 401 Å². The van der Waals surface area contributed by atoms with Gasteiger partial charge in [-0.25, -0.2) is 4.79 Å². The van der Waals surface area contributed by atoms with Gasteiger partial charge in [-0.1, -0.05) is 84.9 Å². The van der Waals surface area contributed by atoms with Crippen molar-refractivity contribution in [3.05, 3.63) is 47.6 Å². The lowest BCUT2D eigenvalue weighted by molar-refractivity contribution is -0.265. The molecule has 0 spiro atoms. The summed E-state index contributed by atoms with van der Waals surface area (Å²) in [5.74, 6) is -7.83. The van der Waals surface area contributed by atoms with E-state index in [-0.39, 0.29) is 66.6 Å². The highest BCUT2D eigenvalue weighted by atomic mass is 31.2. The minimum Gasteiger partial charge on any atom is -0.460 e. The summed E-state index contributed by atoms with van der Waals surface area (Å²) in [7, 11) is -1.10. The van der Waals surface area contributed by atoms with E-state index in [1.54, 1.807) is 54.2 Å². The number of aliphatic hydroxyl groups is 2. The van der Waals surface area contributed by atoms with E-state index in [9.17, 15) is 38.8 Å². The van der Waals surface area contributed by atoms with E-state index >= 15 is 0 Å². The number of ketones is 3. The summed E-state index contributed by atoms with van der Waals surface area (Å²) in [6, 6.07) is -1.12. The number of aliphatic hydroxyl groups excluding tert-OH is 1. The Morgan fingerprint density at radius 1 is 0.896 bits per heavy atom. The number of allylic oxidation sites excluding steroid dienone is 6. The molecule has 3 fully saturated rings. The van der Waals surface area contributed by atoms with Crippen molar-refractivity contribution in [2.45, 2.75) is 182 Å². The first-order chi connectivity index (χ1) is 31.4. The van der Waals surface area contributed by atoms with Gasteiger partial charge in [-0.3, -0.25) is 23.7 Å². The molecule has 2 bridgehead atoms. The molecule has 4 aliphatic rings. The normalized spacial score (nSPS) is 39.8. The zero-order chi connectivity index (χ0) is 50.0. The zero-order valence-electron chi connectivity index (χ0n) is 42.6. The monoisotopic (exact) mass is 958 g/mol. The standard InChI is InChI=1S/C53H84NO12P/c1-32-18-14-13-15-19-33(2)46(63-10)30-42-23-21-39(8)53(61,65-42)50(58)51(59)54-25-17-16-20-43(54)52(60)64-47(36(5)29-41-22-24-45(35(4)28-41)66-67(11,12)62)31-44(55)34(3)27-38(7)49(57)40(9)48(56)37(6)26-32/h13-15,18-19,27,32,34-37,39-43,45-47,49,57,61H,16-17,20-26,28-31H2,1-12H3/b15-13+,18-14+,33-19+,38-27+/t32-,34-,35-,36-,37-,39-,40+,41?,42+,43?,45-,46+,47?,49-,53-/m1/s1. The van der Waals surface area contributed by atoms with Crippen LogP contribution in [0.5, 0.6) is 0 Å². The van der Waals surface area contributed by atoms with Crippen molar-refractivity contribution >= 4 is 36.6 Å². The molecule has 378 valence electrons. The number of piperidine rings is 1. The minimum atomic E-state index is -2.69. The lowest BCUT2D eigenvalue weighted by Gasteiger charge is -2.42. The first kappa shape index (κ1) is 56.5. The van der Waals surface area contributed by atoms with Crippen LogP contribution in [0.3, 0.4) is 0 Å². The molecule has 0 aromatic heterocycles. The summed E-state index contributed by atoms with van der Waals surface area (Å²) < 4.78 is 36.8. The van der Waals surface area contributed by atoms with Crippen molar-refractivity contribution in [2.24, 2.45) is 47.3 Å². The van der Waals surface area contributed by atoms with E-state index in [0.29, 0.717) is 50.5 Å². The molecule has 1 aliphatic carbocycles. The van der Waals surface area contributed by atoms with Gasteiger partial charge >= 0.3 is 5.97 Å². The number of fused-ring (bicyclic) bond motifs is 3. The van der Waals surface area contributed by atoms with E-state index in [1.165, 1.54) is 4.90 Å². The van der Waals surface area contributed by atoms with Crippen LogP contribution in [0.15, 0.2) is 47.6 Å². The molecule has 0 radical (unpaired) electrons. The summed E-state index contributed by atoms with van der Waals surface area (Å²) in [4.78, 5) is 72.0. The van der Waals surface area contributed by atoms with Gasteiger partial charge in [0.2, 0.25) is 5.79 Å². The van der Waals surface area contributed by atoms with Gasteiger partial charge in [-0.2, -0.15) is 0 Å². The Morgan fingerprint density at radius 2 is 1.60 bits per heavy atom. The number of esters is 1. The summed E-state index contributed by atoms with van der Waals surface area (Å²) >= 11 is 0. The van der Waals surface area contributed by atoms with Crippen molar-refractivity contribution in [1.82, 2.24) is 4.90 Å². The van der Waals surface area contributed by atoms with Gasteiger partial charge in [-0.15, -0.1) is 0 Å². The number of nitrogens with zero attached hydrogens (tertiary/aromatic N) is 1. The third-order valence-electron chi connectivity index (χ3n) is 15.0. The van der Waals surface area contributed by atoms with Crippen LogP contribution in [-0.2, 0) is 47.3 Å². The van der Waals surface area contributed by atoms with Crippen molar-refractivity contribution in [1.29, 1.82) is 0 Å². The predicted molar refractivity (Wildman–Crippen MR) is 260 cm³/mol. The average molecular weight is 958 g/mol. The number of ether oxygens (including phenoxy) is 3. The van der Waals surface area contributed by atoms with E-state index in [2.05, 4.69) is 6.92 Å². The Balaban J connectivity index is 1.68. The van der Waals surface area contributed by atoms with Gasteiger partial charge in [0, 0.05) is 63.5 Å². The summed E-state index contributed by atoms with van der Waals surface area (Å²) in [5.41, 5.74) is 1.39. The van der Waals surface area contributed by atoms with Crippen LogP contribution in [-0.4, -0.2) is 114 Å². The average Bonchev–Trinajstić information content (AvgIpc) is 3.27. The molecule has 15 atom stereocenters. The number of amides is 1. The van der Waals surface area contributed by atoms with Gasteiger partial charge in [0.05, 0.1) is 24.4 Å². The molecule has 3 aliphatic heterocycles. The third-order valence-corrected chi connectivity index (χ3v) is 15.8. The van der Waals surface area contributed by atoms with E-state index < -0.39 is 79.0 Å². The number of Topliss-reactive ketones (excluding diaryl/α,β-unsaturated/α-hetero) is 3. The molecule has 13 nitrogen and oxygen atoms in total. The fraction of sp³-hybridized carbons (Fsp3) is 0.755. The molecular weight excluding hydrogens is 874 g/mol. The molecule has 4 rings (SSSR count). The highest BCUT2D eigenvalue weighted by Crippen LogP contribution is 2.46. The van der Waals surface area contributed by atoms with Crippen LogP contribution in [0.25, 0.3) is 0 Å². The van der Waals surface area contributed by atoms with Gasteiger partial charge < -0.3 is 33.8 Å². The van der Waals surface area contributed by atoms with Crippen LogP contribution in [0.1, 0.15) is 139 Å². The molecule has 2 N–H and O–H groups in total. The smallest absolute Gasteiger partial charge is 0.329 e. The molecule has 3 heterocycles. The van der Waals surface area contributed by atoms with Gasteiger partial charge in [0.25, 0.3) is 11.7 Å². The van der Waals surface area contributed by atoms with Crippen molar-refractivity contribution in [2.75, 3.05) is 27.0 Å². The number of hydrogen-bond donors (Lipinski definition) is 2. The number of rotatable bonds is 6. The summed E-state index contributed by atoms with van der Waals surface area (Å²) in [5, 5.41) is 23.4. The van der Waals surface area contributed by atoms with E-state index in [1.807, 2.05) is 58.1 Å². The Kier molecular flexibility index (Phi) is 21.2. The summed E-state index contributed by atoms with van der Waals surface area (Å²) in [6.45, 7) is 20.1. The SMILES string of the molecule is CO[C@H]1C[C@@H]2CC[C@@H](C)[C@@](O)(O2)C(=O)C(=O)N2CCCCC2C(=O)OC([C@H](C)CC2CC[C@@H](OP(C)(C)=O)[C@H](C)C2)CC(=O)[C@H](C)/C=C(\C)[C@@H](O)[C@@H](C)C(=O)[C@H](C)C[C@H](C)/C=C/C=C/C=C/1C. The fourth-order valence-corrected chi connectivity index (χ4v) is 11.7. The largest absolute Gasteiger partial charge is 0.460 e. The maximum absolute atomic E-state index is 14.4. The second-order valence-corrected chi connectivity index (χ2v) is 24.0. The molecule has 14 heteroatoms. The summed E-state index contributed by atoms with van der Waals surface area (Å²) in [6.07, 6.45) is 14.3. The Hall–Kier alpha value is -3.06. The lowest BCUT2D eigenvalue weighted by Crippen LogP contribution is -2.61. The maximum Gasteiger partial charge on any atom is 0.329 e. The highest BCUT2D eigenvalue weighted by Gasteiger charge is 2.53. The lowest BCUT2D eigenvalue weighted by atomic mass is 9.75. The number of methoxy groups -OCH3 is 1. The van der Waals surface area contributed by atoms with Gasteiger partial charge in [0.15, 0.2) is 7.37 Å². The number of hydrogen-bond acceptors (Lipinski definition) is 12. The predicted octanol–water partition coefficient (Wildman–Crippen LogP) is 8.98. The first-order valence-corrected chi connectivity index (χ1v) is 27.5. The first-order valence-electron chi connectivity index (χ1n) is 25.0. The Bertz CT molecular complexity index is 1900. The van der Waals surface area contributed by atoms with E-state index in [4.69, 9.17) is 18.7 Å².